The number of benzene rings is 4. The molecule has 3 heterocycles. The Morgan fingerprint density at radius 2 is 0.884 bits per heavy atom. The van der Waals surface area contributed by atoms with Gasteiger partial charge in [0, 0.05) is 72.0 Å². The number of hydrogen-bond donors (Lipinski definition) is 5. The van der Waals surface area contributed by atoms with Crippen molar-refractivity contribution in [1.29, 1.82) is 0 Å². The van der Waals surface area contributed by atoms with Gasteiger partial charge in [-0.05, 0) is 78.3 Å². The van der Waals surface area contributed by atoms with Crippen LogP contribution in [0.3, 0.4) is 0 Å². The molecule has 86 heavy (non-hydrogen) atoms. The lowest BCUT2D eigenvalue weighted by Crippen LogP contribution is -2.40. The van der Waals surface area contributed by atoms with Crippen molar-refractivity contribution in [3.05, 3.63) is 143 Å². The number of carbonyl (C=O) groups excluding carboxylic acids is 12. The zero-order valence-corrected chi connectivity index (χ0v) is 50.1. The Morgan fingerprint density at radius 3 is 1.24 bits per heavy atom. The number of Topliss-reactive ketones (excluding diaryl/α,β-unsaturated/α-hetero) is 3. The van der Waals surface area contributed by atoms with Crippen LogP contribution in [0.2, 0.25) is 0 Å². The number of nitrogens with two attached hydrogens (primary N) is 1. The number of nitrogens with zero attached hydrogens (tertiary/aromatic N) is 4. The van der Waals surface area contributed by atoms with Gasteiger partial charge in [0.05, 0.1) is 48.6 Å². The van der Waals surface area contributed by atoms with E-state index in [2.05, 4.69) is 21.3 Å². The van der Waals surface area contributed by atoms with Crippen molar-refractivity contribution in [2.75, 3.05) is 67.0 Å². The number of hydrogen-bond acceptors (Lipinski definition) is 12. The van der Waals surface area contributed by atoms with Crippen LogP contribution in [0.1, 0.15) is 73.1 Å². The molecule has 1 aliphatic carbocycles. The Balaban J connectivity index is 0.000000207. The third-order valence-electron chi connectivity index (χ3n) is 15.5. The third-order valence-corrected chi connectivity index (χ3v) is 15.5. The molecule has 8 rings (SSSR count). The third kappa shape index (κ3) is 18.8. The summed E-state index contributed by atoms with van der Waals surface area (Å²) in [5.74, 6) is -8.94. The minimum absolute atomic E-state index is 0.0810. The van der Waals surface area contributed by atoms with Gasteiger partial charge in [-0.1, -0.05) is 131 Å². The predicted octanol–water partition coefficient (Wildman–Crippen LogP) is 2.57. The average molecular weight is 1180 g/mol. The molecule has 4 aromatic carbocycles. The summed E-state index contributed by atoms with van der Waals surface area (Å²) in [4.78, 5) is 155. The molecule has 3 saturated heterocycles. The molecule has 4 aliphatic rings. The van der Waals surface area contributed by atoms with Gasteiger partial charge in [-0.15, -0.1) is 0 Å². The average Bonchev–Trinajstić information content (AvgIpc) is 3.54. The largest absolute Gasteiger partial charge is 0.366 e. The van der Waals surface area contributed by atoms with Crippen LogP contribution in [-0.4, -0.2) is 163 Å². The lowest BCUT2D eigenvalue weighted by atomic mass is 9.86. The lowest BCUT2D eigenvalue weighted by molar-refractivity contribution is -0.141. The van der Waals surface area contributed by atoms with Crippen molar-refractivity contribution >= 4 is 70.5 Å². The molecule has 9 amide bonds. The summed E-state index contributed by atoms with van der Waals surface area (Å²) in [5.41, 5.74) is 9.29. The zero-order chi connectivity index (χ0) is 62.8. The number of nitrogens with one attached hydrogen (secondary N) is 4. The van der Waals surface area contributed by atoms with Crippen molar-refractivity contribution in [3.8, 4) is 0 Å². The molecule has 0 aromatic heterocycles. The minimum atomic E-state index is -0.755. The van der Waals surface area contributed by atoms with Gasteiger partial charge in [-0.2, -0.15) is 0 Å². The summed E-state index contributed by atoms with van der Waals surface area (Å²) < 4.78 is 0. The smallest absolute Gasteiger partial charge is 0.287 e. The maximum Gasteiger partial charge on any atom is 0.287 e. The second-order valence-electron chi connectivity index (χ2n) is 23.4. The Morgan fingerprint density at radius 1 is 0.512 bits per heavy atom. The molecule has 6 atom stereocenters. The lowest BCUT2D eigenvalue weighted by Gasteiger charge is -2.18. The summed E-state index contributed by atoms with van der Waals surface area (Å²) in [6.45, 7) is 9.03. The normalized spacial score (nSPS) is 19.6. The first-order valence-corrected chi connectivity index (χ1v) is 29.2. The van der Waals surface area contributed by atoms with E-state index in [0.717, 1.165) is 35.1 Å². The van der Waals surface area contributed by atoms with Crippen molar-refractivity contribution in [1.82, 2.24) is 40.9 Å². The summed E-state index contributed by atoms with van der Waals surface area (Å²) in [5, 5.41) is 10.5. The van der Waals surface area contributed by atoms with Gasteiger partial charge in [0.25, 0.3) is 17.7 Å². The summed E-state index contributed by atoms with van der Waals surface area (Å²) in [7, 11) is 4.73. The van der Waals surface area contributed by atoms with Crippen LogP contribution in [0.25, 0.3) is 0 Å². The Bertz CT molecular complexity index is 3080. The minimum Gasteiger partial charge on any atom is -0.366 e. The molecule has 21 heteroatoms. The molecule has 6 N–H and O–H groups in total. The molecular formula is C65H81N9O12. The van der Waals surface area contributed by atoms with Crippen LogP contribution in [0.5, 0.6) is 0 Å². The first kappa shape index (κ1) is 66.3. The number of primary amides is 1. The van der Waals surface area contributed by atoms with E-state index in [1.807, 2.05) is 119 Å². The number of likely N-dealkylation sites (N-methyl/N-ethyl adjacent to an activating group) is 2. The van der Waals surface area contributed by atoms with E-state index in [0.29, 0.717) is 44.5 Å². The van der Waals surface area contributed by atoms with E-state index in [4.69, 9.17) is 5.73 Å². The predicted molar refractivity (Wildman–Crippen MR) is 320 cm³/mol. The van der Waals surface area contributed by atoms with Crippen LogP contribution < -0.4 is 27.0 Å². The van der Waals surface area contributed by atoms with E-state index < -0.39 is 76.5 Å². The van der Waals surface area contributed by atoms with Gasteiger partial charge in [-0.25, -0.2) is 0 Å². The molecule has 0 radical (unpaired) electrons. The monoisotopic (exact) mass is 1180 g/mol. The van der Waals surface area contributed by atoms with Gasteiger partial charge in [-0.3, -0.25) is 57.5 Å². The second kappa shape index (κ2) is 31.3. The van der Waals surface area contributed by atoms with Crippen LogP contribution in [0.4, 0.5) is 0 Å². The van der Waals surface area contributed by atoms with Gasteiger partial charge in [0.1, 0.15) is 0 Å². The standard InChI is InChI=1S/C24H25N3O4.C21H29N3O4.C20H27N3O4/c25-22(29)17-8-6-16(7-9-17)13-27-14-20(21(28)23(30)26-18-10-11-18)19(24(27)31)12-15-4-2-1-3-5-15;1-14(2)11-22-20(27)19(26)17-12-24(13-18(25)23(3)4)21(28)16(17)10-15-8-6-5-7-9-15;1-13(2)10-22-19(26)18(25)16-11-23(12-17(24)21-3)20(27)15(16)9-14-7-5-4-6-8-14/h1-9,18-20H,10-14H2,(H2,25,29)(H,26,30);5-9,14,16-17H,10-13H2,1-4H3,(H,22,27);4-8,13,15-16H,9-12H2,1-3H3,(H,21,24)(H,22,26)/t19-,20+;16-,17+;15-,16+/m111/s1. The molecule has 0 bridgehead atoms. The van der Waals surface area contributed by atoms with Gasteiger partial charge in [0.2, 0.25) is 52.8 Å². The van der Waals surface area contributed by atoms with E-state index in [-0.39, 0.29) is 80.1 Å². The number of amides is 9. The highest BCUT2D eigenvalue weighted by Gasteiger charge is 2.49. The summed E-state index contributed by atoms with van der Waals surface area (Å²) in [6, 6.07) is 35.1. The van der Waals surface area contributed by atoms with E-state index in [1.165, 1.54) is 21.7 Å². The van der Waals surface area contributed by atoms with Crippen molar-refractivity contribution < 1.29 is 57.5 Å². The maximum atomic E-state index is 13.2. The topological polar surface area (TPSA) is 292 Å². The molecule has 21 nitrogen and oxygen atoms in total. The van der Waals surface area contributed by atoms with Crippen LogP contribution in [0, 0.1) is 47.3 Å². The fourth-order valence-corrected chi connectivity index (χ4v) is 10.4. The van der Waals surface area contributed by atoms with Crippen molar-refractivity contribution in [2.24, 2.45) is 53.1 Å². The van der Waals surface area contributed by atoms with Gasteiger partial charge >= 0.3 is 0 Å². The van der Waals surface area contributed by atoms with Crippen molar-refractivity contribution in [2.45, 2.75) is 72.4 Å². The van der Waals surface area contributed by atoms with Crippen LogP contribution in [-0.2, 0) is 78.5 Å². The summed E-state index contributed by atoms with van der Waals surface area (Å²) >= 11 is 0. The first-order chi connectivity index (χ1) is 40.9. The molecule has 458 valence electrons. The number of likely N-dealkylation sites (tertiary alicyclic amines) is 3. The van der Waals surface area contributed by atoms with Gasteiger partial charge < -0.3 is 46.6 Å². The van der Waals surface area contributed by atoms with E-state index in [1.54, 1.807) is 43.3 Å². The first-order valence-electron chi connectivity index (χ1n) is 29.2. The van der Waals surface area contributed by atoms with Gasteiger partial charge in [0.15, 0.2) is 0 Å². The summed E-state index contributed by atoms with van der Waals surface area (Å²) in [6.07, 6.45) is 2.91. The number of rotatable bonds is 24. The van der Waals surface area contributed by atoms with Crippen LogP contribution in [0.15, 0.2) is 115 Å². The Kier molecular flexibility index (Phi) is 24.1. The fourth-order valence-electron chi connectivity index (χ4n) is 10.4. The Hall–Kier alpha value is -8.88. The SMILES string of the molecule is CC(C)CNC(=O)C(=O)[C@H]1CN(CC(=O)N(C)C)C(=O)[C@@H]1Cc1ccccc1.CNC(=O)CN1C[C@H](C(=O)C(=O)NCC(C)C)[C@@H](Cc2ccccc2)C1=O.NC(=O)c1ccc(CN2C[C@H](C(=O)C(=O)NC3CC3)[C@@H](Cc3ccccc3)C2=O)cc1. The quantitative estimate of drug-likeness (QED) is 0.0633. The zero-order valence-electron chi connectivity index (χ0n) is 50.1. The molecule has 0 spiro atoms. The maximum absolute atomic E-state index is 13.2. The highest BCUT2D eigenvalue weighted by molar-refractivity contribution is 6.38. The number of ketones is 3. The van der Waals surface area contributed by atoms with Crippen LogP contribution >= 0.6 is 0 Å². The fraction of sp³-hybridized carbons (Fsp3) is 0.446. The molecular weight excluding hydrogens is 1100 g/mol. The van der Waals surface area contributed by atoms with E-state index in [9.17, 15) is 57.5 Å². The highest BCUT2D eigenvalue weighted by Crippen LogP contribution is 2.33. The molecule has 0 unspecified atom stereocenters. The highest BCUT2D eigenvalue weighted by atomic mass is 16.2. The molecule has 3 aliphatic heterocycles. The molecule has 4 fully saturated rings. The van der Waals surface area contributed by atoms with E-state index >= 15 is 0 Å². The molecule has 1 saturated carbocycles. The second-order valence-corrected chi connectivity index (χ2v) is 23.4. The number of carbonyl (C=O) groups is 12. The Labute approximate surface area is 502 Å². The van der Waals surface area contributed by atoms with Crippen molar-refractivity contribution in [3.63, 3.8) is 0 Å². The molecule has 4 aromatic rings.